The third kappa shape index (κ3) is 614. The van der Waals surface area contributed by atoms with Crippen molar-refractivity contribution in [2.45, 2.75) is 13.8 Å². The van der Waals surface area contributed by atoms with Crippen molar-refractivity contribution in [3.05, 3.63) is 0 Å². The Hall–Kier alpha value is -0.350. The van der Waals surface area contributed by atoms with E-state index in [1.165, 1.54) is 0 Å². The van der Waals surface area contributed by atoms with E-state index in [1.54, 1.807) is 0 Å². The molecule has 0 nitrogen and oxygen atoms in total. The first-order valence-corrected chi connectivity index (χ1v) is 1.00. The van der Waals surface area contributed by atoms with Gasteiger partial charge in [0.05, 0.1) is 0 Å². The van der Waals surface area contributed by atoms with Gasteiger partial charge in [0.15, 0.2) is 0 Å². The maximum Gasteiger partial charge on any atom is -0.0683 e. The van der Waals surface area contributed by atoms with Crippen LogP contribution in [0.15, 0.2) is 0 Å². The third-order valence-electron chi connectivity index (χ3n) is 0. The first-order chi connectivity index (χ1) is 1.00. The van der Waals surface area contributed by atoms with Gasteiger partial charge in [0.25, 0.3) is 0 Å². The van der Waals surface area contributed by atoms with Gasteiger partial charge in [-0.3, -0.25) is 23.5 Å². The van der Waals surface area contributed by atoms with Gasteiger partial charge in [-0.15, -0.1) is 0 Å². The molecule has 0 aromatic rings. The summed E-state index contributed by atoms with van der Waals surface area (Å²) in [5.41, 5.74) is 0. The van der Waals surface area contributed by atoms with E-state index in [4.69, 9.17) is 0 Å². The number of hydrogen-bond acceptors (Lipinski definition) is 0. The largest absolute Gasteiger partial charge is 0.269 e. The molecule has 5 heteroatoms. The first-order valence-electron chi connectivity index (χ1n) is 1.00. The van der Waals surface area contributed by atoms with Gasteiger partial charge >= 0.3 is 0 Å². The van der Waals surface area contributed by atoms with E-state index in [0.29, 0.717) is 0 Å². The molecule has 0 fully saturated rings. The van der Waals surface area contributed by atoms with Crippen molar-refractivity contribution >= 4 is 0 Å². The van der Waals surface area contributed by atoms with Crippen LogP contribution >= 0.6 is 0 Å². The van der Waals surface area contributed by atoms with E-state index >= 15 is 0 Å². The van der Waals surface area contributed by atoms with Gasteiger partial charge in [-0.1, -0.05) is 13.8 Å². The van der Waals surface area contributed by atoms with Crippen LogP contribution in [0.1, 0.15) is 13.8 Å². The van der Waals surface area contributed by atoms with Gasteiger partial charge in [-0.05, 0) is 0 Å². The summed E-state index contributed by atoms with van der Waals surface area (Å²) in [6.45, 7) is 4.00. The lowest BCUT2D eigenvalue weighted by atomic mass is 11.0. The summed E-state index contributed by atoms with van der Waals surface area (Å²) >= 11 is 0. The highest BCUT2D eigenvalue weighted by atomic mass is 19.0. The van der Waals surface area contributed by atoms with E-state index in [9.17, 15) is 0 Å². The third-order valence-corrected chi connectivity index (χ3v) is 0. The summed E-state index contributed by atoms with van der Waals surface area (Å²) < 4.78 is 0. The van der Waals surface area contributed by atoms with E-state index in [0.717, 1.165) is 0 Å². The monoisotopic (exact) mass is 130 g/mol. The van der Waals surface area contributed by atoms with E-state index in [-0.39, 0.29) is 23.5 Å². The molecule has 0 saturated heterocycles. The maximum atomic E-state index is 2.00. The Morgan fingerprint density at radius 2 is 0.429 bits per heavy atom. The van der Waals surface area contributed by atoms with Crippen LogP contribution in [0.5, 0.6) is 0 Å². The lowest BCUT2D eigenvalue weighted by Crippen LogP contribution is -0.856. The predicted molar refractivity (Wildman–Crippen MR) is 23.9 cm³/mol. The molecule has 0 rings (SSSR count). The van der Waals surface area contributed by atoms with E-state index < -0.39 is 0 Å². The molecule has 0 saturated carbocycles. The predicted octanol–water partition coefficient (Wildman–Crippen LogP) is 1.79. The van der Waals surface area contributed by atoms with Gasteiger partial charge in [0.1, 0.15) is 0 Å². The van der Waals surface area contributed by atoms with Gasteiger partial charge in [-0.25, -0.2) is 0 Å². The molecule has 0 radical (unpaired) electrons. The molecule has 0 amide bonds. The maximum absolute atomic E-state index is 2.00. The highest BCUT2D eigenvalue weighted by molar-refractivity contribution is 3.50. The summed E-state index contributed by atoms with van der Waals surface area (Å²) in [6.07, 6.45) is 0. The molecule has 0 N–H and O–H groups in total. The first kappa shape index (κ1) is 502. The zero-order valence-electron chi connectivity index (χ0n) is 4.04. The van der Waals surface area contributed by atoms with Crippen LogP contribution in [0.4, 0.5) is 23.5 Å². The quantitative estimate of drug-likeness (QED) is 0.438. The molecule has 0 aliphatic heterocycles. The van der Waals surface area contributed by atoms with Gasteiger partial charge < -0.3 is 0 Å². The Bertz CT molecular complexity index is 6.04. The average molecular weight is 130 g/mol. The average Bonchev–Trinajstić information content (AvgIpc) is 1.00. The fraction of sp³-hybridized carbons (Fsp3) is 1.00. The van der Waals surface area contributed by atoms with Crippen molar-refractivity contribution in [3.63, 3.8) is 0 Å². The highest BCUT2D eigenvalue weighted by Crippen LogP contribution is 1.14. The molecular formula is C2H11F5. The molecule has 0 aliphatic carbocycles. The van der Waals surface area contributed by atoms with Gasteiger partial charge in [-0.2, -0.15) is 0 Å². The van der Waals surface area contributed by atoms with Crippen LogP contribution in [-0.4, -0.2) is 0 Å². The smallest absolute Gasteiger partial charge is 0.0683 e. The lowest BCUT2D eigenvalue weighted by Gasteiger charge is -1.07. The molecule has 0 aromatic carbocycles. The minimum Gasteiger partial charge on any atom is -0.269 e. The number of halogens is 5. The molecule has 0 atom stereocenters. The zero-order chi connectivity index (χ0) is 2.00. The Kier molecular flexibility index (Phi) is 71600. The molecule has 0 heterocycles. The molecule has 0 spiro atoms. The van der Waals surface area contributed by atoms with Crippen molar-refractivity contribution in [3.8, 4) is 0 Å². The van der Waals surface area contributed by atoms with Crippen LogP contribution in [0.3, 0.4) is 0 Å². The highest BCUT2D eigenvalue weighted by Gasteiger charge is 0.932. The van der Waals surface area contributed by atoms with E-state index in [2.05, 4.69) is 0 Å². The Labute approximate surface area is 38.7 Å². The van der Waals surface area contributed by atoms with Gasteiger partial charge in [0, 0.05) is 0 Å². The molecule has 0 aromatic heterocycles. The Morgan fingerprint density at radius 1 is 0.429 bits per heavy atom. The van der Waals surface area contributed by atoms with Crippen LogP contribution in [0.25, 0.3) is 0 Å². The molecule has 0 aliphatic rings. The van der Waals surface area contributed by atoms with Crippen molar-refractivity contribution in [2.75, 3.05) is 0 Å². The van der Waals surface area contributed by atoms with Crippen molar-refractivity contribution in [1.82, 2.24) is 0 Å². The second kappa shape index (κ2) is 997. The fourth-order valence-electron chi connectivity index (χ4n) is 0. The Morgan fingerprint density at radius 3 is 0.429 bits per heavy atom. The number of hydrogen-bond donors (Lipinski definition) is 0. The molecule has 7 heavy (non-hydrogen) atoms. The molecule has 0 bridgehead atoms. The summed E-state index contributed by atoms with van der Waals surface area (Å²) in [4.78, 5) is 0. The lowest BCUT2D eigenvalue weighted by molar-refractivity contribution is 1.11. The normalized spacial score (nSPS) is 0.857. The van der Waals surface area contributed by atoms with Crippen LogP contribution in [0, 0.1) is 0 Å². The van der Waals surface area contributed by atoms with Crippen molar-refractivity contribution in [2.24, 2.45) is 0 Å². The SMILES string of the molecule is CC.F.F.F.F.F. The molecule has 54 valence electrons. The second-order valence-electron chi connectivity index (χ2n) is 0. The summed E-state index contributed by atoms with van der Waals surface area (Å²) in [5.74, 6) is 0. The Balaban J connectivity index is -0.000000000500. The van der Waals surface area contributed by atoms with Crippen LogP contribution < -0.4 is 0 Å². The van der Waals surface area contributed by atoms with Crippen molar-refractivity contribution < 1.29 is 23.5 Å². The summed E-state index contributed by atoms with van der Waals surface area (Å²) in [7, 11) is 0. The number of rotatable bonds is 0. The topological polar surface area (TPSA) is 0 Å². The molecule has 0 unspecified atom stereocenters. The molecular weight excluding hydrogens is 119 g/mol. The van der Waals surface area contributed by atoms with Crippen molar-refractivity contribution in [1.29, 1.82) is 0 Å². The van der Waals surface area contributed by atoms with E-state index in [1.807, 2.05) is 13.8 Å². The second-order valence-corrected chi connectivity index (χ2v) is 0. The minimum atomic E-state index is 0. The fourth-order valence-corrected chi connectivity index (χ4v) is 0. The van der Waals surface area contributed by atoms with Crippen LogP contribution in [0.2, 0.25) is 0 Å². The minimum absolute atomic E-state index is 0. The standard InChI is InChI=1S/C2H6.5FH/c1-2;;;;;/h1-2H3;5*1H. The summed E-state index contributed by atoms with van der Waals surface area (Å²) in [5, 5.41) is 0. The van der Waals surface area contributed by atoms with Gasteiger partial charge in [0.2, 0.25) is 0 Å². The zero-order valence-corrected chi connectivity index (χ0v) is 4.04. The van der Waals surface area contributed by atoms with Crippen LogP contribution in [-0.2, 0) is 0 Å². The summed E-state index contributed by atoms with van der Waals surface area (Å²) in [6, 6.07) is 0.